The Bertz CT molecular complexity index is 988. The number of amides is 1. The summed E-state index contributed by atoms with van der Waals surface area (Å²) in [6, 6.07) is 15.0. The summed E-state index contributed by atoms with van der Waals surface area (Å²) in [7, 11) is 3.24. The van der Waals surface area contributed by atoms with Crippen molar-refractivity contribution < 1.29 is 24.2 Å². The number of thiophene rings is 1. The molecule has 0 spiro atoms. The third-order valence-electron chi connectivity index (χ3n) is 4.46. The molecule has 0 bridgehead atoms. The minimum absolute atomic E-state index is 0.110. The van der Waals surface area contributed by atoms with E-state index in [0.29, 0.717) is 11.4 Å². The largest absolute Gasteiger partial charge is 0.496 e. The van der Waals surface area contributed by atoms with Crippen molar-refractivity contribution in [3.05, 3.63) is 65.0 Å². The first kappa shape index (κ1) is 20.4. The number of hydrogen-bond donors (Lipinski definition) is 2. The van der Waals surface area contributed by atoms with Crippen LogP contribution in [-0.4, -0.2) is 31.2 Å². The van der Waals surface area contributed by atoms with Crippen LogP contribution in [0.15, 0.2) is 53.9 Å². The van der Waals surface area contributed by atoms with Crippen molar-refractivity contribution in [1.29, 1.82) is 0 Å². The molecule has 0 unspecified atom stereocenters. The number of carbonyl (C=O) groups excluding carboxylic acids is 1. The first-order valence-electron chi connectivity index (χ1n) is 8.94. The Morgan fingerprint density at radius 1 is 1.00 bits per heavy atom. The van der Waals surface area contributed by atoms with E-state index in [1.807, 2.05) is 42.5 Å². The van der Waals surface area contributed by atoms with Gasteiger partial charge in [-0.15, -0.1) is 11.3 Å². The molecule has 0 fully saturated rings. The number of carboxylic acid groups (broad SMARTS) is 1. The molecule has 2 aromatic carbocycles. The Balaban J connectivity index is 1.66. The molecule has 0 aliphatic rings. The maximum Gasteiger partial charge on any atom is 0.338 e. The molecule has 0 atom stereocenters. The minimum atomic E-state index is -1.05. The van der Waals surface area contributed by atoms with Gasteiger partial charge in [0.2, 0.25) is 5.91 Å². The predicted molar refractivity (Wildman–Crippen MR) is 113 cm³/mol. The number of carboxylic acids is 1. The average molecular weight is 411 g/mol. The molecule has 6 nitrogen and oxygen atoms in total. The molecular weight excluding hydrogens is 390 g/mol. The van der Waals surface area contributed by atoms with Crippen LogP contribution in [0.2, 0.25) is 0 Å². The molecule has 7 heteroatoms. The molecular formula is C22H21NO5S. The van der Waals surface area contributed by atoms with Crippen molar-refractivity contribution in [3.8, 4) is 22.6 Å². The Morgan fingerprint density at radius 2 is 1.66 bits per heavy atom. The van der Waals surface area contributed by atoms with Crippen molar-refractivity contribution >= 4 is 28.2 Å². The number of ether oxygens (including phenoxy) is 2. The van der Waals surface area contributed by atoms with Gasteiger partial charge >= 0.3 is 5.97 Å². The normalized spacial score (nSPS) is 10.4. The zero-order valence-electron chi connectivity index (χ0n) is 16.1. The Kier molecular flexibility index (Phi) is 6.51. The molecule has 1 amide bonds. The van der Waals surface area contributed by atoms with Crippen LogP contribution in [-0.2, 0) is 11.2 Å². The van der Waals surface area contributed by atoms with Crippen molar-refractivity contribution in [2.24, 2.45) is 0 Å². The van der Waals surface area contributed by atoms with Gasteiger partial charge < -0.3 is 19.9 Å². The van der Waals surface area contributed by atoms with Crippen LogP contribution in [0, 0.1) is 0 Å². The lowest BCUT2D eigenvalue weighted by molar-refractivity contribution is -0.116. The third-order valence-corrected chi connectivity index (χ3v) is 5.29. The van der Waals surface area contributed by atoms with E-state index in [9.17, 15) is 9.59 Å². The van der Waals surface area contributed by atoms with Crippen molar-refractivity contribution in [2.45, 2.75) is 12.8 Å². The summed E-state index contributed by atoms with van der Waals surface area (Å²) in [5, 5.41) is 13.8. The summed E-state index contributed by atoms with van der Waals surface area (Å²) in [6.45, 7) is 0. The number of anilines is 1. The second-order valence-corrected chi connectivity index (χ2v) is 7.17. The molecule has 0 radical (unpaired) electrons. The maximum atomic E-state index is 12.2. The highest BCUT2D eigenvalue weighted by molar-refractivity contribution is 7.14. The molecule has 3 aromatic rings. The van der Waals surface area contributed by atoms with Gasteiger partial charge in [0.05, 0.1) is 25.3 Å². The van der Waals surface area contributed by atoms with E-state index >= 15 is 0 Å². The van der Waals surface area contributed by atoms with Crippen molar-refractivity contribution in [1.82, 2.24) is 0 Å². The second-order valence-electron chi connectivity index (χ2n) is 6.25. The topological polar surface area (TPSA) is 84.9 Å². The van der Waals surface area contributed by atoms with Crippen LogP contribution in [0.3, 0.4) is 0 Å². The molecule has 1 heterocycles. The quantitative estimate of drug-likeness (QED) is 0.561. The van der Waals surface area contributed by atoms with Gasteiger partial charge in [-0.3, -0.25) is 4.79 Å². The summed E-state index contributed by atoms with van der Waals surface area (Å²) in [6.07, 6.45) is 0.803. The number of methoxy groups -OCH3 is 2. The van der Waals surface area contributed by atoms with E-state index in [1.165, 1.54) is 17.4 Å². The number of rotatable bonds is 8. The van der Waals surface area contributed by atoms with Gasteiger partial charge in [0.25, 0.3) is 0 Å². The Morgan fingerprint density at radius 3 is 2.24 bits per heavy atom. The molecule has 2 N–H and O–H groups in total. The monoisotopic (exact) mass is 411 g/mol. The first-order valence-corrected chi connectivity index (χ1v) is 9.82. The highest BCUT2D eigenvalue weighted by atomic mass is 32.1. The van der Waals surface area contributed by atoms with E-state index in [1.54, 1.807) is 19.6 Å². The van der Waals surface area contributed by atoms with Gasteiger partial charge in [-0.05, 0) is 41.1 Å². The van der Waals surface area contributed by atoms with Crippen LogP contribution in [0.4, 0.5) is 5.00 Å². The lowest BCUT2D eigenvalue weighted by Gasteiger charge is -2.13. The van der Waals surface area contributed by atoms with E-state index in [4.69, 9.17) is 14.6 Å². The Labute approximate surface area is 172 Å². The smallest absolute Gasteiger partial charge is 0.338 e. The molecule has 29 heavy (non-hydrogen) atoms. The number of nitrogens with one attached hydrogen (secondary N) is 1. The van der Waals surface area contributed by atoms with E-state index < -0.39 is 5.97 Å². The lowest BCUT2D eigenvalue weighted by atomic mass is 10.0. The minimum Gasteiger partial charge on any atom is -0.496 e. The molecule has 1 aromatic heterocycles. The number of aryl methyl sites for hydroxylation is 1. The van der Waals surface area contributed by atoms with Gasteiger partial charge in [0, 0.05) is 6.42 Å². The Hall–Kier alpha value is -3.32. The lowest BCUT2D eigenvalue weighted by Crippen LogP contribution is -2.13. The van der Waals surface area contributed by atoms with Gasteiger partial charge in [-0.2, -0.15) is 0 Å². The van der Waals surface area contributed by atoms with Gasteiger partial charge in [-0.1, -0.05) is 30.3 Å². The predicted octanol–water partition coefficient (Wildman–Crippen LogP) is 4.70. The van der Waals surface area contributed by atoms with Crippen molar-refractivity contribution in [2.75, 3.05) is 19.5 Å². The average Bonchev–Trinajstić information content (AvgIpc) is 3.20. The van der Waals surface area contributed by atoms with Gasteiger partial charge in [-0.25, -0.2) is 4.79 Å². The van der Waals surface area contributed by atoms with Gasteiger partial charge in [0.15, 0.2) is 0 Å². The van der Waals surface area contributed by atoms with Crippen LogP contribution < -0.4 is 14.8 Å². The summed E-state index contributed by atoms with van der Waals surface area (Å²) >= 11 is 1.20. The summed E-state index contributed by atoms with van der Waals surface area (Å²) in [5.74, 6) is 0.178. The zero-order chi connectivity index (χ0) is 20.8. The fraction of sp³-hybridized carbons (Fsp3) is 0.182. The van der Waals surface area contributed by atoms with E-state index in [-0.39, 0.29) is 17.9 Å². The van der Waals surface area contributed by atoms with Crippen LogP contribution in [0.25, 0.3) is 11.1 Å². The molecule has 3 rings (SSSR count). The summed E-state index contributed by atoms with van der Waals surface area (Å²) in [5.41, 5.74) is 2.94. The fourth-order valence-electron chi connectivity index (χ4n) is 3.00. The second kappa shape index (κ2) is 9.25. The molecule has 150 valence electrons. The molecule has 0 saturated carbocycles. The summed E-state index contributed by atoms with van der Waals surface area (Å²) in [4.78, 5) is 23.3. The van der Waals surface area contributed by atoms with Crippen molar-refractivity contribution in [3.63, 3.8) is 0 Å². The van der Waals surface area contributed by atoms with E-state index in [2.05, 4.69) is 5.32 Å². The summed E-state index contributed by atoms with van der Waals surface area (Å²) < 4.78 is 10.9. The first-order chi connectivity index (χ1) is 14.0. The van der Waals surface area contributed by atoms with Crippen LogP contribution in [0.5, 0.6) is 11.5 Å². The number of aromatic carboxylic acids is 1. The van der Waals surface area contributed by atoms with Crippen LogP contribution >= 0.6 is 11.3 Å². The number of hydrogen-bond acceptors (Lipinski definition) is 5. The molecule has 0 saturated heterocycles. The number of benzene rings is 2. The fourth-order valence-corrected chi connectivity index (χ4v) is 3.79. The standard InChI is InChI=1S/C22H21NO5S/c1-27-17-4-3-5-18(28-2)20(17)15-9-6-14(7-10-15)8-11-19(24)23-21-16(22(25)26)12-13-29-21/h3-7,9-10,12-13H,8,11H2,1-2H3,(H,23,24)(H,25,26). The number of carbonyl (C=O) groups is 2. The van der Waals surface area contributed by atoms with E-state index in [0.717, 1.165) is 28.2 Å². The SMILES string of the molecule is COc1cccc(OC)c1-c1ccc(CCC(=O)Nc2sccc2C(=O)O)cc1. The maximum absolute atomic E-state index is 12.2. The van der Waals surface area contributed by atoms with Crippen LogP contribution in [0.1, 0.15) is 22.3 Å². The highest BCUT2D eigenvalue weighted by Gasteiger charge is 2.15. The van der Waals surface area contributed by atoms with Gasteiger partial charge in [0.1, 0.15) is 16.5 Å². The molecule has 0 aliphatic heterocycles. The molecule has 0 aliphatic carbocycles. The highest BCUT2D eigenvalue weighted by Crippen LogP contribution is 2.38. The zero-order valence-corrected chi connectivity index (χ0v) is 16.9. The third kappa shape index (κ3) is 4.75.